The fourth-order valence-electron chi connectivity index (χ4n) is 15.9. The van der Waals surface area contributed by atoms with Crippen molar-refractivity contribution >= 4 is 57.6 Å². The molecule has 662 valence electrons. The van der Waals surface area contributed by atoms with Crippen LogP contribution in [0.2, 0.25) is 0 Å². The van der Waals surface area contributed by atoms with Crippen LogP contribution in [0.1, 0.15) is 265 Å². The lowest BCUT2D eigenvalue weighted by Gasteiger charge is -2.22. The maximum Gasteiger partial charge on any atom is 0.573 e. The van der Waals surface area contributed by atoms with Gasteiger partial charge >= 0.3 is 47.5 Å². The van der Waals surface area contributed by atoms with Crippen LogP contribution in [0.4, 0.5) is 22.0 Å². The predicted molar refractivity (Wildman–Crippen MR) is 455 cm³/mol. The molecule has 5 aromatic carbocycles. The lowest BCUT2D eigenvalue weighted by Crippen LogP contribution is -2.28. The maximum absolute atomic E-state index is 14.0. The van der Waals surface area contributed by atoms with Gasteiger partial charge in [-0.1, -0.05) is 89.6 Å². The third-order valence-corrected chi connectivity index (χ3v) is 22.6. The van der Waals surface area contributed by atoms with Gasteiger partial charge in [-0.25, -0.2) is 42.3 Å². The highest BCUT2D eigenvalue weighted by Crippen LogP contribution is 2.37. The molecule has 0 radical (unpaired) electrons. The largest absolute Gasteiger partial charge is 0.573 e. The smallest absolute Gasteiger partial charge is 0.479 e. The van der Waals surface area contributed by atoms with Crippen molar-refractivity contribution < 1.29 is 114 Å². The Balaban J connectivity index is 0.000000174. The number of carboxylic acid groups (broad SMARTS) is 5. The summed E-state index contributed by atoms with van der Waals surface area (Å²) < 4.78 is 105. The molecule has 0 amide bonds. The maximum atomic E-state index is 14.0. The van der Waals surface area contributed by atoms with Crippen LogP contribution in [0.3, 0.4) is 0 Å². The first-order valence-electron chi connectivity index (χ1n) is 42.9. The molecule has 6 aliphatic rings. The molecule has 1 saturated carbocycles. The lowest BCUT2D eigenvalue weighted by molar-refractivity contribution is -0.274. The molecular formula is C97H113F5O21. The first-order chi connectivity index (χ1) is 59.0. The van der Waals surface area contributed by atoms with Gasteiger partial charge in [0.25, 0.3) is 0 Å². The zero-order valence-electron chi connectivity index (χ0n) is 70.1. The van der Waals surface area contributed by atoms with Crippen molar-refractivity contribution in [2.45, 2.75) is 288 Å². The number of halogens is 5. The number of alkyl halides is 3. The summed E-state index contributed by atoms with van der Waals surface area (Å²) >= 11 is 0. The molecule has 26 heteroatoms. The Morgan fingerprint density at radius 3 is 1.13 bits per heavy atom. The molecule has 21 nitrogen and oxygen atoms in total. The summed E-state index contributed by atoms with van der Waals surface area (Å²) in [5.41, 5.74) is 9.16. The number of aliphatic carboxylic acids is 5. The second-order valence-corrected chi connectivity index (χ2v) is 32.0. The van der Waals surface area contributed by atoms with Crippen molar-refractivity contribution in [3.8, 4) is 34.5 Å². The molecule has 0 aliphatic heterocycles. The quantitative estimate of drug-likeness (QED) is 0.0110. The van der Waals surface area contributed by atoms with Gasteiger partial charge in [0.2, 0.25) is 0 Å². The van der Waals surface area contributed by atoms with Crippen LogP contribution < -0.4 is 39.7 Å². The zero-order chi connectivity index (χ0) is 88.4. The molecule has 6 aliphatic carbocycles. The Morgan fingerprint density at radius 2 is 0.748 bits per heavy atom. The number of fused-ring (bicyclic) bond motifs is 2. The van der Waals surface area contributed by atoms with E-state index >= 15 is 0 Å². The minimum Gasteiger partial charge on any atom is -0.479 e. The summed E-state index contributed by atoms with van der Waals surface area (Å²) in [4.78, 5) is 91.8. The molecule has 1 fully saturated rings. The number of ketones is 1. The topological polar surface area (TPSA) is 319 Å². The first-order valence-corrected chi connectivity index (χ1v) is 42.9. The third kappa shape index (κ3) is 32.5. The van der Waals surface area contributed by atoms with E-state index in [4.69, 9.17) is 32.5 Å². The highest BCUT2D eigenvalue weighted by atomic mass is 19.4. The fraction of sp³-hybridized carbons (Fsp3) is 0.464. The summed E-state index contributed by atoms with van der Waals surface area (Å²) in [5, 5.41) is 48.5. The second kappa shape index (κ2) is 48.5. The fourth-order valence-corrected chi connectivity index (χ4v) is 15.9. The number of carbonyl (C=O) groups excluding carboxylic acids is 1. The molecule has 0 saturated heterocycles. The van der Waals surface area contributed by atoms with Gasteiger partial charge in [0.05, 0.1) is 5.56 Å². The average molecular weight is 1710 g/mol. The SMILES string of the molecule is CC(=O)c1cc(F)cc(F)c1OC(CCC1=CCCCC1)C(=O)O.Cc1cc(=O)oc2cc(OC(CCC3=CCCCC3)C(=O)O)ccc12.Cc1cc(=O)oc2ccc(OC(CCC3=CCCCC3)C(=O)O)cc12.O=C(O)C(CCC1=CCCCC1)Oc1ccc(C2CCCCC2)cc1.O=C(O)C(CCC1=CCCCC1)Oc1ccc(OC(F)(F)F)cc1. The van der Waals surface area contributed by atoms with Crippen LogP contribution in [0, 0.1) is 25.5 Å². The van der Waals surface area contributed by atoms with Gasteiger partial charge in [-0.2, -0.15) is 0 Å². The van der Waals surface area contributed by atoms with Crippen molar-refractivity contribution in [1.29, 1.82) is 0 Å². The monoisotopic (exact) mass is 1710 g/mol. The summed E-state index contributed by atoms with van der Waals surface area (Å²) in [6.45, 7) is 4.79. The third-order valence-electron chi connectivity index (χ3n) is 22.6. The van der Waals surface area contributed by atoms with E-state index in [9.17, 15) is 85.8 Å². The minimum absolute atomic E-state index is 0.162. The molecule has 2 heterocycles. The van der Waals surface area contributed by atoms with Gasteiger partial charge in [-0.15, -0.1) is 13.2 Å². The zero-order valence-corrected chi connectivity index (χ0v) is 70.1. The number of hydrogen-bond acceptors (Lipinski definition) is 16. The lowest BCUT2D eigenvalue weighted by atomic mass is 9.84. The molecule has 13 rings (SSSR count). The van der Waals surface area contributed by atoms with E-state index in [0.717, 1.165) is 156 Å². The normalized spacial score (nSPS) is 16.6. The van der Waals surface area contributed by atoms with Crippen molar-refractivity contribution in [2.75, 3.05) is 0 Å². The van der Waals surface area contributed by atoms with E-state index in [-0.39, 0.29) is 23.5 Å². The van der Waals surface area contributed by atoms with Crippen LogP contribution in [-0.4, -0.2) is 98.0 Å². The van der Waals surface area contributed by atoms with Gasteiger partial charge < -0.3 is 62.8 Å². The Kier molecular flexibility index (Phi) is 37.7. The van der Waals surface area contributed by atoms with Gasteiger partial charge in [-0.3, -0.25) is 4.79 Å². The molecule has 5 atom stereocenters. The molecule has 123 heavy (non-hydrogen) atoms. The van der Waals surface area contributed by atoms with Crippen LogP contribution in [-0.2, 0) is 24.0 Å². The number of ether oxygens (including phenoxy) is 6. The van der Waals surface area contributed by atoms with E-state index in [2.05, 4.69) is 47.2 Å². The number of hydrogen-bond donors (Lipinski definition) is 5. The predicted octanol–water partition coefficient (Wildman–Crippen LogP) is 23.3. The molecule has 2 aromatic heterocycles. The Morgan fingerprint density at radius 1 is 0.398 bits per heavy atom. The van der Waals surface area contributed by atoms with Crippen molar-refractivity contribution in [3.63, 3.8) is 0 Å². The molecule has 5 unspecified atom stereocenters. The summed E-state index contributed by atoms with van der Waals surface area (Å²) in [6.07, 6.45) is 35.4. The van der Waals surface area contributed by atoms with Crippen molar-refractivity contribution in [3.05, 3.63) is 222 Å². The highest BCUT2D eigenvalue weighted by molar-refractivity contribution is 5.97. The second-order valence-electron chi connectivity index (χ2n) is 32.0. The number of carbonyl (C=O) groups is 6. The van der Waals surface area contributed by atoms with Crippen molar-refractivity contribution in [1.82, 2.24) is 0 Å². The summed E-state index contributed by atoms with van der Waals surface area (Å²) in [7, 11) is 0. The van der Waals surface area contributed by atoms with Crippen LogP contribution in [0.15, 0.2) is 186 Å². The van der Waals surface area contributed by atoms with E-state index in [0.29, 0.717) is 78.9 Å². The number of aryl methyl sites for hydroxylation is 2. The number of benzene rings is 5. The molecule has 5 N–H and O–H groups in total. The van der Waals surface area contributed by atoms with Crippen molar-refractivity contribution in [2.24, 2.45) is 0 Å². The van der Waals surface area contributed by atoms with E-state index < -0.39 is 101 Å². The van der Waals surface area contributed by atoms with E-state index in [1.54, 1.807) is 36.4 Å². The minimum atomic E-state index is -4.76. The van der Waals surface area contributed by atoms with Gasteiger partial charge in [-0.05, 0) is 322 Å². The molecule has 0 bridgehead atoms. The van der Waals surface area contributed by atoms with Gasteiger partial charge in [0.1, 0.15) is 45.7 Å². The first kappa shape index (κ1) is 95.5. The Labute approximate surface area is 712 Å². The van der Waals surface area contributed by atoms with Gasteiger partial charge in [0.15, 0.2) is 47.9 Å². The summed E-state index contributed by atoms with van der Waals surface area (Å²) in [5.74, 6) is -6.25. The van der Waals surface area contributed by atoms with E-state index in [1.807, 2.05) is 26.0 Å². The summed E-state index contributed by atoms with van der Waals surface area (Å²) in [6, 6.07) is 27.2. The average Bonchev–Trinajstić information content (AvgIpc) is 0.673. The van der Waals surface area contributed by atoms with Crippen LogP contribution in [0.25, 0.3) is 21.9 Å². The number of rotatable bonds is 33. The Hall–Kier alpha value is -11.3. The van der Waals surface area contributed by atoms with Crippen LogP contribution >= 0.6 is 0 Å². The molecule has 0 spiro atoms. The number of Topliss-reactive ketones (excluding diaryl/α,β-unsaturated/α-hetero) is 1. The highest BCUT2D eigenvalue weighted by Gasteiger charge is 2.32. The standard InChI is InChI=1S/C22H30O3.2C20H22O5.C18H20F2O4.C17H19F3O4/c23-22(24)21(16-11-17-7-3-1-4-8-17)25-20-14-12-19(13-15-20)18-9-5-2-6-10-18;1-13-11-19(21)25-18-12-15(8-9-16(13)18)24-17(20(22)23)10-7-14-5-3-2-4-6-14;1-13-11-19(21)25-17-10-8-15(12-16(13)17)24-18(20(22)23)9-7-14-5-3-2-4-6-14;1-11(21)14-9-13(19)10-15(20)17(14)24-16(18(22)23)8-7-12-5-3-2-4-6-12;18-17(19,20)24-14-9-7-13(8-10-14)23-15(16(21)22)11-6-12-4-2-1-3-5-12/h7,12-15,18,21H,1-6,8-11,16H2,(H,23,24);5,8-9,11-12,17H,2-4,6-7,10H2,1H3,(H,22,23);5,8,10-12,18H,2-4,6-7,9H2,1H3,(H,22,23);5,9-10,16H,2-4,6-8H2,1H3,(H,22,23);4,7-10,15H,1-3,5-6,11H2,(H,21,22). The van der Waals surface area contributed by atoms with Crippen LogP contribution in [0.5, 0.6) is 34.5 Å². The molecular weight excluding hydrogens is 1600 g/mol. The number of allylic oxidation sites excluding steroid dienone is 10. The number of carboxylic acids is 5. The molecule has 7 aromatic rings. The van der Waals surface area contributed by atoms with Gasteiger partial charge in [0, 0.05) is 35.0 Å². The Bertz CT molecular complexity index is 4990. The van der Waals surface area contributed by atoms with E-state index in [1.165, 1.54) is 128 Å².